The van der Waals surface area contributed by atoms with Gasteiger partial charge in [-0.05, 0) is 25.6 Å². The number of likely N-dealkylation sites (tertiary alicyclic amines) is 1. The van der Waals surface area contributed by atoms with Gasteiger partial charge in [-0.15, -0.1) is 0 Å². The van der Waals surface area contributed by atoms with Gasteiger partial charge in [-0.2, -0.15) is 0 Å². The van der Waals surface area contributed by atoms with Crippen LogP contribution < -0.4 is 5.32 Å². The van der Waals surface area contributed by atoms with E-state index >= 15 is 0 Å². The van der Waals surface area contributed by atoms with E-state index in [1.54, 1.807) is 7.05 Å². The van der Waals surface area contributed by atoms with Crippen LogP contribution in [0.5, 0.6) is 0 Å². The molecule has 10 heteroatoms. The second kappa shape index (κ2) is 7.85. The molecular formula is C18H19FN4O5. The summed E-state index contributed by atoms with van der Waals surface area (Å²) in [7, 11) is 1.64. The minimum absolute atomic E-state index is 0.0162. The van der Waals surface area contributed by atoms with Gasteiger partial charge in [0.1, 0.15) is 18.5 Å². The SMILES string of the molecule is CNCC(=N)OCCN1C(=O)CCC(N2C(=O)c3cccc(F)c3C2=O)C1=O. The third kappa shape index (κ3) is 3.38. The predicted molar refractivity (Wildman–Crippen MR) is 94.2 cm³/mol. The summed E-state index contributed by atoms with van der Waals surface area (Å²) in [5.41, 5.74) is -0.447. The van der Waals surface area contributed by atoms with Gasteiger partial charge in [-0.3, -0.25) is 34.4 Å². The Bertz CT molecular complexity index is 872. The molecule has 1 fully saturated rings. The molecule has 2 aliphatic rings. The molecule has 0 spiro atoms. The summed E-state index contributed by atoms with van der Waals surface area (Å²) < 4.78 is 19.1. The Labute approximate surface area is 159 Å². The number of carbonyl (C=O) groups is 4. The third-order valence-corrected chi connectivity index (χ3v) is 4.62. The van der Waals surface area contributed by atoms with Crippen molar-refractivity contribution in [1.29, 1.82) is 5.41 Å². The number of nitrogens with one attached hydrogen (secondary N) is 2. The number of hydrogen-bond acceptors (Lipinski definition) is 7. The van der Waals surface area contributed by atoms with Gasteiger partial charge in [0.25, 0.3) is 17.7 Å². The maximum Gasteiger partial charge on any atom is 0.265 e. The summed E-state index contributed by atoms with van der Waals surface area (Å²) in [6.45, 7) is 0.00434. The minimum Gasteiger partial charge on any atom is -0.478 e. The smallest absolute Gasteiger partial charge is 0.265 e. The monoisotopic (exact) mass is 390 g/mol. The average molecular weight is 390 g/mol. The standard InChI is InChI=1S/C18H19FN4O5/c1-21-9-13(20)28-8-7-22-14(24)6-5-12(17(22)26)23-16(25)10-3-2-4-11(19)15(10)18(23)27/h2-4,12,20-21H,5-9H2,1H3. The molecule has 148 valence electrons. The molecule has 0 aliphatic carbocycles. The number of amides is 4. The number of benzene rings is 1. The Morgan fingerprint density at radius 2 is 2.04 bits per heavy atom. The Hall–Kier alpha value is -3.14. The first kappa shape index (κ1) is 19.6. The maximum absolute atomic E-state index is 14.0. The maximum atomic E-state index is 14.0. The van der Waals surface area contributed by atoms with E-state index in [9.17, 15) is 23.6 Å². The highest BCUT2D eigenvalue weighted by Gasteiger charge is 2.47. The molecule has 2 aliphatic heterocycles. The number of rotatable bonds is 6. The lowest BCUT2D eigenvalue weighted by atomic mass is 10.0. The number of fused-ring (bicyclic) bond motifs is 1. The van der Waals surface area contributed by atoms with Crippen LogP contribution in [0.25, 0.3) is 0 Å². The quantitative estimate of drug-likeness (QED) is 0.405. The molecule has 2 heterocycles. The van der Waals surface area contributed by atoms with Crippen LogP contribution in [0.3, 0.4) is 0 Å². The van der Waals surface area contributed by atoms with Crippen molar-refractivity contribution in [3.05, 3.63) is 35.1 Å². The number of nitrogens with zero attached hydrogens (tertiary/aromatic N) is 2. The lowest BCUT2D eigenvalue weighted by Crippen LogP contribution is -2.56. The van der Waals surface area contributed by atoms with Crippen molar-refractivity contribution in [3.8, 4) is 0 Å². The van der Waals surface area contributed by atoms with Crippen LogP contribution >= 0.6 is 0 Å². The van der Waals surface area contributed by atoms with Gasteiger partial charge >= 0.3 is 0 Å². The highest BCUT2D eigenvalue weighted by molar-refractivity contribution is 6.23. The minimum atomic E-state index is -1.18. The van der Waals surface area contributed by atoms with Gasteiger partial charge in [-0.25, -0.2) is 4.39 Å². The molecule has 3 rings (SSSR count). The molecule has 9 nitrogen and oxygen atoms in total. The normalized spacial score (nSPS) is 19.3. The first-order valence-electron chi connectivity index (χ1n) is 8.72. The van der Waals surface area contributed by atoms with Crippen LogP contribution in [0.1, 0.15) is 33.6 Å². The van der Waals surface area contributed by atoms with E-state index in [4.69, 9.17) is 10.1 Å². The molecule has 28 heavy (non-hydrogen) atoms. The lowest BCUT2D eigenvalue weighted by Gasteiger charge is -2.34. The largest absolute Gasteiger partial charge is 0.478 e. The fourth-order valence-corrected chi connectivity index (χ4v) is 3.31. The van der Waals surface area contributed by atoms with Gasteiger partial charge in [0.15, 0.2) is 5.90 Å². The van der Waals surface area contributed by atoms with Crippen molar-refractivity contribution >= 4 is 29.5 Å². The molecule has 1 aromatic carbocycles. The highest BCUT2D eigenvalue weighted by atomic mass is 19.1. The summed E-state index contributed by atoms with van der Waals surface area (Å²) >= 11 is 0. The second-order valence-electron chi connectivity index (χ2n) is 6.38. The Morgan fingerprint density at radius 1 is 1.29 bits per heavy atom. The summed E-state index contributed by atoms with van der Waals surface area (Å²) in [6.07, 6.45) is -0.0576. The van der Waals surface area contributed by atoms with Crippen LogP contribution in [0.2, 0.25) is 0 Å². The molecule has 1 saturated heterocycles. The molecule has 0 radical (unpaired) electrons. The zero-order chi connectivity index (χ0) is 20.4. The van der Waals surface area contributed by atoms with Crippen molar-refractivity contribution in [1.82, 2.24) is 15.1 Å². The lowest BCUT2D eigenvalue weighted by molar-refractivity contribution is -0.152. The van der Waals surface area contributed by atoms with Gasteiger partial charge in [-0.1, -0.05) is 6.07 Å². The summed E-state index contributed by atoms with van der Waals surface area (Å²) in [4.78, 5) is 51.8. The average Bonchev–Trinajstić information content (AvgIpc) is 2.90. The first-order chi connectivity index (χ1) is 13.4. The number of halogens is 1. The molecule has 0 aromatic heterocycles. The van der Waals surface area contributed by atoms with E-state index in [1.807, 2.05) is 0 Å². The van der Waals surface area contributed by atoms with Crippen LogP contribution in [0, 0.1) is 11.2 Å². The van der Waals surface area contributed by atoms with Gasteiger partial charge in [0.2, 0.25) is 5.91 Å². The molecule has 1 atom stereocenters. The molecular weight excluding hydrogens is 371 g/mol. The van der Waals surface area contributed by atoms with Gasteiger partial charge in [0, 0.05) is 6.42 Å². The van der Waals surface area contributed by atoms with E-state index in [0.717, 1.165) is 15.9 Å². The zero-order valence-corrected chi connectivity index (χ0v) is 15.2. The van der Waals surface area contributed by atoms with Crippen molar-refractivity contribution in [2.24, 2.45) is 0 Å². The van der Waals surface area contributed by atoms with Gasteiger partial charge in [0.05, 0.1) is 24.2 Å². The summed E-state index contributed by atoms with van der Waals surface area (Å²) in [5.74, 6) is -3.67. The highest BCUT2D eigenvalue weighted by Crippen LogP contribution is 2.30. The first-order valence-corrected chi connectivity index (χ1v) is 8.72. The van der Waals surface area contributed by atoms with E-state index in [0.29, 0.717) is 0 Å². The van der Waals surface area contributed by atoms with E-state index in [-0.39, 0.29) is 49.6 Å². The van der Waals surface area contributed by atoms with Crippen molar-refractivity contribution < 1.29 is 28.3 Å². The number of ether oxygens (including phenoxy) is 1. The fourth-order valence-electron chi connectivity index (χ4n) is 3.31. The van der Waals surface area contributed by atoms with E-state index in [1.165, 1.54) is 12.1 Å². The zero-order valence-electron chi connectivity index (χ0n) is 15.2. The van der Waals surface area contributed by atoms with E-state index < -0.39 is 35.5 Å². The number of likely N-dealkylation sites (N-methyl/N-ethyl adjacent to an activating group) is 1. The number of piperidine rings is 1. The van der Waals surface area contributed by atoms with Crippen molar-refractivity contribution in [3.63, 3.8) is 0 Å². The number of carbonyl (C=O) groups excluding carboxylic acids is 4. The second-order valence-corrected chi connectivity index (χ2v) is 6.38. The number of hydrogen-bond donors (Lipinski definition) is 2. The predicted octanol–water partition coefficient (Wildman–Crippen LogP) is 0.153. The summed E-state index contributed by atoms with van der Waals surface area (Å²) in [6, 6.07) is 2.54. The van der Waals surface area contributed by atoms with Crippen LogP contribution in [-0.4, -0.2) is 72.1 Å². The van der Waals surface area contributed by atoms with Crippen LogP contribution in [0.4, 0.5) is 4.39 Å². The number of imide groups is 2. The van der Waals surface area contributed by atoms with Crippen LogP contribution in [-0.2, 0) is 14.3 Å². The third-order valence-electron chi connectivity index (χ3n) is 4.62. The molecule has 0 saturated carbocycles. The van der Waals surface area contributed by atoms with Gasteiger partial charge < -0.3 is 10.1 Å². The molecule has 1 unspecified atom stereocenters. The van der Waals surface area contributed by atoms with Crippen molar-refractivity contribution in [2.75, 3.05) is 26.7 Å². The molecule has 4 amide bonds. The van der Waals surface area contributed by atoms with E-state index in [2.05, 4.69) is 5.32 Å². The topological polar surface area (TPSA) is 120 Å². The Balaban J connectivity index is 1.75. The fraction of sp³-hybridized carbons (Fsp3) is 0.389. The summed E-state index contributed by atoms with van der Waals surface area (Å²) in [5, 5.41) is 10.3. The van der Waals surface area contributed by atoms with Crippen molar-refractivity contribution in [2.45, 2.75) is 18.9 Å². The molecule has 0 bridgehead atoms. The Morgan fingerprint density at radius 3 is 2.71 bits per heavy atom. The Kier molecular flexibility index (Phi) is 5.50. The molecule has 1 aromatic rings. The van der Waals surface area contributed by atoms with Crippen LogP contribution in [0.15, 0.2) is 18.2 Å². The molecule has 2 N–H and O–H groups in total.